The van der Waals surface area contributed by atoms with Crippen LogP contribution in [-0.4, -0.2) is 26.9 Å². The summed E-state index contributed by atoms with van der Waals surface area (Å²) < 4.78 is 6.18. The molecule has 0 saturated heterocycles. The molecule has 0 spiro atoms. The molecule has 0 aromatic rings. The Morgan fingerprint density at radius 3 is 2.37 bits per heavy atom. The highest BCUT2D eigenvalue weighted by Crippen LogP contribution is 2.37. The van der Waals surface area contributed by atoms with Crippen molar-refractivity contribution in [1.82, 2.24) is 5.32 Å². The molecule has 0 aliphatic carbocycles. The summed E-state index contributed by atoms with van der Waals surface area (Å²) in [6.07, 6.45) is 5.37. The lowest BCUT2D eigenvalue weighted by atomic mass is 10.2. The first-order valence-electron chi connectivity index (χ1n) is 7.24. The summed E-state index contributed by atoms with van der Waals surface area (Å²) in [6.45, 7) is 15.6. The number of hydrogen-bond donors (Lipinski definition) is 1. The van der Waals surface area contributed by atoms with Crippen molar-refractivity contribution in [2.45, 2.75) is 71.7 Å². The fourth-order valence-corrected chi connectivity index (χ4v) is 2.51. The largest absolute Gasteiger partial charge is 0.402 e. The lowest BCUT2D eigenvalue weighted by molar-refractivity contribution is -0.126. The second-order valence-electron chi connectivity index (χ2n) is 6.47. The molecule has 4 heteroatoms. The molecular formula is C15H31NO2Si. The summed E-state index contributed by atoms with van der Waals surface area (Å²) in [5.41, 5.74) is 0. The number of rotatable bonds is 7. The predicted octanol–water partition coefficient (Wildman–Crippen LogP) is 3.87. The van der Waals surface area contributed by atoms with Crippen LogP contribution in [0.25, 0.3) is 0 Å². The third-order valence-corrected chi connectivity index (χ3v) is 8.14. The summed E-state index contributed by atoms with van der Waals surface area (Å²) in [5, 5.41) is 3.06. The van der Waals surface area contributed by atoms with E-state index in [1.165, 1.54) is 0 Å². The van der Waals surface area contributed by atoms with Crippen molar-refractivity contribution in [1.29, 1.82) is 0 Å². The van der Waals surface area contributed by atoms with Gasteiger partial charge in [0.25, 0.3) is 5.91 Å². The lowest BCUT2D eigenvalue weighted by Gasteiger charge is -2.38. The van der Waals surface area contributed by atoms with Crippen molar-refractivity contribution in [3.8, 4) is 0 Å². The zero-order chi connectivity index (χ0) is 15.1. The minimum Gasteiger partial charge on any atom is -0.402 e. The minimum atomic E-state index is -1.93. The first-order valence-corrected chi connectivity index (χ1v) is 10.1. The van der Waals surface area contributed by atoms with Crippen LogP contribution in [0.5, 0.6) is 0 Å². The summed E-state index contributed by atoms with van der Waals surface area (Å²) >= 11 is 0. The molecule has 1 unspecified atom stereocenters. The quantitative estimate of drug-likeness (QED) is 0.438. The van der Waals surface area contributed by atoms with Gasteiger partial charge in [-0.1, -0.05) is 46.3 Å². The van der Waals surface area contributed by atoms with Crippen molar-refractivity contribution in [3.63, 3.8) is 0 Å². The molecule has 19 heavy (non-hydrogen) atoms. The van der Waals surface area contributed by atoms with Gasteiger partial charge < -0.3 is 9.74 Å². The van der Waals surface area contributed by atoms with Gasteiger partial charge in [-0.2, -0.15) is 0 Å². The van der Waals surface area contributed by atoms with E-state index in [1.807, 2.05) is 19.1 Å². The highest BCUT2D eigenvalue weighted by atomic mass is 28.4. The number of nitrogens with one attached hydrogen (secondary N) is 1. The number of amides is 1. The molecule has 3 nitrogen and oxygen atoms in total. The highest BCUT2D eigenvalue weighted by Gasteiger charge is 2.40. The average Bonchev–Trinajstić information content (AvgIpc) is 2.27. The maximum Gasteiger partial charge on any atom is 0.251 e. The van der Waals surface area contributed by atoms with Crippen LogP contribution in [0.3, 0.4) is 0 Å². The number of allylic oxidation sites excluding steroid dienone is 1. The van der Waals surface area contributed by atoms with E-state index in [0.717, 1.165) is 19.4 Å². The van der Waals surface area contributed by atoms with E-state index in [0.29, 0.717) is 0 Å². The summed E-state index contributed by atoms with van der Waals surface area (Å²) in [5.74, 6) is -0.0172. The molecule has 0 aliphatic rings. The molecule has 0 fully saturated rings. The van der Waals surface area contributed by atoms with Crippen molar-refractivity contribution in [3.05, 3.63) is 12.2 Å². The maximum atomic E-state index is 12.1. The fraction of sp³-hybridized carbons (Fsp3) is 0.800. The van der Waals surface area contributed by atoms with Crippen LogP contribution in [-0.2, 0) is 9.22 Å². The van der Waals surface area contributed by atoms with E-state index in [9.17, 15) is 4.79 Å². The van der Waals surface area contributed by atoms with Crippen LogP contribution < -0.4 is 5.32 Å². The summed E-state index contributed by atoms with van der Waals surface area (Å²) in [4.78, 5) is 12.1. The monoisotopic (exact) mass is 285 g/mol. The lowest BCUT2D eigenvalue weighted by Crippen LogP contribution is -2.48. The van der Waals surface area contributed by atoms with Gasteiger partial charge in [-0.15, -0.1) is 0 Å². The number of hydrogen-bond acceptors (Lipinski definition) is 2. The van der Waals surface area contributed by atoms with Crippen molar-refractivity contribution >= 4 is 14.2 Å². The third-order valence-electron chi connectivity index (χ3n) is 3.68. The Labute approximate surface area is 119 Å². The summed E-state index contributed by atoms with van der Waals surface area (Å²) in [7, 11) is -1.93. The van der Waals surface area contributed by atoms with Gasteiger partial charge in [0.15, 0.2) is 8.32 Å². The Morgan fingerprint density at radius 1 is 1.37 bits per heavy atom. The molecular weight excluding hydrogens is 254 g/mol. The van der Waals surface area contributed by atoms with Crippen LogP contribution in [0.15, 0.2) is 12.2 Å². The molecule has 0 rings (SSSR count). The molecule has 1 amide bonds. The molecule has 0 aromatic heterocycles. The average molecular weight is 286 g/mol. The van der Waals surface area contributed by atoms with E-state index >= 15 is 0 Å². The van der Waals surface area contributed by atoms with E-state index in [2.05, 4.69) is 46.1 Å². The number of carbonyl (C=O) groups is 1. The highest BCUT2D eigenvalue weighted by molar-refractivity contribution is 6.74. The van der Waals surface area contributed by atoms with Gasteiger partial charge in [-0.3, -0.25) is 4.79 Å². The molecule has 0 heterocycles. The predicted molar refractivity (Wildman–Crippen MR) is 84.8 cm³/mol. The number of unbranched alkanes of at least 4 members (excludes halogenated alkanes) is 1. The van der Waals surface area contributed by atoms with E-state index < -0.39 is 14.4 Å². The van der Waals surface area contributed by atoms with Crippen molar-refractivity contribution < 1.29 is 9.22 Å². The third kappa shape index (κ3) is 6.39. The first kappa shape index (κ1) is 18.4. The summed E-state index contributed by atoms with van der Waals surface area (Å²) in [6, 6.07) is 0. The molecule has 0 radical (unpaired) electrons. The Balaban J connectivity index is 4.70. The SMILES string of the molecule is CC=CC(O[Si](C)(C)C(C)(C)C)C(=O)NCCCC. The Hall–Kier alpha value is -0.613. The van der Waals surface area contributed by atoms with Gasteiger partial charge >= 0.3 is 0 Å². The van der Waals surface area contributed by atoms with Gasteiger partial charge in [0.05, 0.1) is 0 Å². The van der Waals surface area contributed by atoms with E-state index in [-0.39, 0.29) is 10.9 Å². The number of carbonyl (C=O) groups excluding carboxylic acids is 1. The fourth-order valence-electron chi connectivity index (χ4n) is 1.34. The second-order valence-corrected chi connectivity index (χ2v) is 11.2. The van der Waals surface area contributed by atoms with Gasteiger partial charge in [0.1, 0.15) is 6.10 Å². The van der Waals surface area contributed by atoms with Crippen molar-refractivity contribution in [2.75, 3.05) is 6.54 Å². The van der Waals surface area contributed by atoms with Gasteiger partial charge in [0, 0.05) is 6.54 Å². The normalized spacial score (nSPS) is 14.7. The van der Waals surface area contributed by atoms with Gasteiger partial charge in [-0.25, -0.2) is 0 Å². The zero-order valence-corrected chi connectivity index (χ0v) is 14.7. The Morgan fingerprint density at radius 2 is 1.95 bits per heavy atom. The first-order chi connectivity index (χ1) is 8.65. The van der Waals surface area contributed by atoms with Gasteiger partial charge in [0.2, 0.25) is 0 Å². The van der Waals surface area contributed by atoms with Gasteiger partial charge in [-0.05, 0) is 31.5 Å². The second kappa shape index (κ2) is 7.85. The van der Waals surface area contributed by atoms with Crippen LogP contribution in [0, 0.1) is 0 Å². The molecule has 112 valence electrons. The van der Waals surface area contributed by atoms with Crippen LogP contribution >= 0.6 is 0 Å². The zero-order valence-electron chi connectivity index (χ0n) is 13.7. The smallest absolute Gasteiger partial charge is 0.251 e. The minimum absolute atomic E-state index is 0.0172. The molecule has 0 aliphatic heterocycles. The van der Waals surface area contributed by atoms with Crippen molar-refractivity contribution in [2.24, 2.45) is 0 Å². The Bertz CT molecular complexity index is 306. The van der Waals surface area contributed by atoms with E-state index in [1.54, 1.807) is 0 Å². The van der Waals surface area contributed by atoms with Crippen LogP contribution in [0.1, 0.15) is 47.5 Å². The molecule has 1 N–H and O–H groups in total. The van der Waals surface area contributed by atoms with E-state index in [4.69, 9.17) is 4.43 Å². The Kier molecular flexibility index (Phi) is 7.60. The molecule has 0 bridgehead atoms. The topological polar surface area (TPSA) is 38.3 Å². The molecule has 0 saturated carbocycles. The maximum absolute atomic E-state index is 12.1. The standard InChI is InChI=1S/C15H31NO2Si/c1-8-10-12-16-14(17)13(11-9-2)18-19(6,7)15(3,4)5/h9,11,13H,8,10,12H2,1-7H3,(H,16,17). The molecule has 0 aromatic carbocycles. The molecule has 1 atom stereocenters. The van der Waals surface area contributed by atoms with Crippen LogP contribution in [0.2, 0.25) is 18.1 Å². The van der Waals surface area contributed by atoms with Crippen LogP contribution in [0.4, 0.5) is 0 Å².